The van der Waals surface area contributed by atoms with E-state index >= 15 is 0 Å². The van der Waals surface area contributed by atoms with Gasteiger partial charge in [0.05, 0.1) is 14.2 Å². The highest BCUT2D eigenvalue weighted by molar-refractivity contribution is 7.19. The van der Waals surface area contributed by atoms with E-state index in [2.05, 4.69) is 5.32 Å². The number of pyridine rings is 1. The first-order valence-electron chi connectivity index (χ1n) is 7.06. The lowest BCUT2D eigenvalue weighted by Crippen LogP contribution is -1.96. The number of rotatable bonds is 3. The summed E-state index contributed by atoms with van der Waals surface area (Å²) < 4.78 is 2.65. The molecular weight excluding hydrogens is 385 g/mol. The molecular formula is C17H10Cl3N3S. The van der Waals surface area contributed by atoms with Crippen molar-refractivity contribution in [3.05, 3.63) is 69.1 Å². The predicted octanol–water partition coefficient (Wildman–Crippen LogP) is 6.77. The molecule has 0 fully saturated rings. The van der Waals surface area contributed by atoms with E-state index < -0.39 is 0 Å². The van der Waals surface area contributed by atoms with Gasteiger partial charge in [-0.1, -0.05) is 34.8 Å². The second-order valence-electron chi connectivity index (χ2n) is 5.12. The van der Waals surface area contributed by atoms with E-state index in [1.54, 1.807) is 0 Å². The summed E-state index contributed by atoms with van der Waals surface area (Å²) in [5.74, 6) is 0.827. The third-order valence-electron chi connectivity index (χ3n) is 3.50. The van der Waals surface area contributed by atoms with Gasteiger partial charge in [0, 0.05) is 16.9 Å². The standard InChI is InChI=1S/C17H10Cl3N3S/c18-10-1-4-12(5-2-10)21-17-16(13-6-7-14(20)24-13)22-15-8-3-11(19)9-23(15)17/h1-9,21H. The third-order valence-corrected chi connectivity index (χ3v) is 5.21. The number of thiophene rings is 1. The maximum atomic E-state index is 6.16. The summed E-state index contributed by atoms with van der Waals surface area (Å²) in [5, 5.41) is 4.73. The Hall–Kier alpha value is -1.72. The topological polar surface area (TPSA) is 29.3 Å². The van der Waals surface area contributed by atoms with Crippen LogP contribution in [0, 0.1) is 0 Å². The van der Waals surface area contributed by atoms with E-state index in [0.717, 1.165) is 32.1 Å². The molecule has 0 spiro atoms. The highest BCUT2D eigenvalue weighted by atomic mass is 35.5. The molecule has 3 nitrogen and oxygen atoms in total. The van der Waals surface area contributed by atoms with Crippen molar-refractivity contribution >= 4 is 63.3 Å². The van der Waals surface area contributed by atoms with Crippen LogP contribution in [-0.4, -0.2) is 9.38 Å². The molecule has 0 atom stereocenters. The Morgan fingerprint density at radius 3 is 2.33 bits per heavy atom. The zero-order valence-electron chi connectivity index (χ0n) is 12.1. The van der Waals surface area contributed by atoms with Crippen LogP contribution in [0.4, 0.5) is 11.5 Å². The molecule has 0 saturated carbocycles. The zero-order chi connectivity index (χ0) is 16.7. The predicted molar refractivity (Wildman–Crippen MR) is 103 cm³/mol. The van der Waals surface area contributed by atoms with Crippen molar-refractivity contribution in [3.8, 4) is 10.6 Å². The minimum atomic E-state index is 0.634. The van der Waals surface area contributed by atoms with E-state index in [1.807, 2.05) is 59.1 Å². The SMILES string of the molecule is Clc1ccc(Nc2c(-c3ccc(Cl)s3)nc3ccc(Cl)cn23)cc1. The first-order chi connectivity index (χ1) is 11.6. The number of aromatic nitrogens is 2. The van der Waals surface area contributed by atoms with E-state index in [1.165, 1.54) is 11.3 Å². The maximum absolute atomic E-state index is 6.16. The molecule has 24 heavy (non-hydrogen) atoms. The first-order valence-corrected chi connectivity index (χ1v) is 9.01. The molecule has 1 N–H and O–H groups in total. The van der Waals surface area contributed by atoms with Gasteiger partial charge < -0.3 is 5.32 Å². The molecule has 4 rings (SSSR count). The minimum absolute atomic E-state index is 0.634. The highest BCUT2D eigenvalue weighted by Gasteiger charge is 2.16. The number of imidazole rings is 1. The Morgan fingerprint density at radius 1 is 0.875 bits per heavy atom. The van der Waals surface area contributed by atoms with Crippen molar-refractivity contribution in [3.63, 3.8) is 0 Å². The lowest BCUT2D eigenvalue weighted by molar-refractivity contribution is 1.18. The summed E-state index contributed by atoms with van der Waals surface area (Å²) in [5.41, 5.74) is 2.53. The normalized spacial score (nSPS) is 11.1. The minimum Gasteiger partial charge on any atom is -0.339 e. The lowest BCUT2D eigenvalue weighted by Gasteiger charge is -2.08. The van der Waals surface area contributed by atoms with E-state index in [4.69, 9.17) is 39.8 Å². The fourth-order valence-corrected chi connectivity index (χ4v) is 3.74. The summed E-state index contributed by atoms with van der Waals surface area (Å²) in [6.07, 6.45) is 1.83. The Labute approximate surface area is 157 Å². The van der Waals surface area contributed by atoms with Crippen LogP contribution in [0.2, 0.25) is 14.4 Å². The Bertz CT molecular complexity index is 1020. The molecule has 0 aliphatic rings. The van der Waals surface area contributed by atoms with Crippen LogP contribution in [0.15, 0.2) is 54.7 Å². The van der Waals surface area contributed by atoms with Crippen LogP contribution in [0.1, 0.15) is 0 Å². The number of nitrogens with one attached hydrogen (secondary N) is 1. The molecule has 0 aliphatic heterocycles. The number of hydrogen-bond acceptors (Lipinski definition) is 3. The van der Waals surface area contributed by atoms with Crippen molar-refractivity contribution in [1.29, 1.82) is 0 Å². The van der Waals surface area contributed by atoms with Crippen LogP contribution < -0.4 is 5.32 Å². The molecule has 3 heterocycles. The summed E-state index contributed by atoms with van der Waals surface area (Å²) >= 11 is 19.7. The molecule has 0 aliphatic carbocycles. The molecule has 0 unspecified atom stereocenters. The van der Waals surface area contributed by atoms with Gasteiger partial charge in [-0.05, 0) is 48.5 Å². The first kappa shape index (κ1) is 15.8. The molecule has 0 saturated heterocycles. The van der Waals surface area contributed by atoms with E-state index in [-0.39, 0.29) is 0 Å². The van der Waals surface area contributed by atoms with Crippen molar-refractivity contribution in [2.24, 2.45) is 0 Å². The average Bonchev–Trinajstić information content (AvgIpc) is 3.14. The number of hydrogen-bond donors (Lipinski definition) is 1. The summed E-state index contributed by atoms with van der Waals surface area (Å²) in [6.45, 7) is 0. The number of benzene rings is 1. The van der Waals surface area contributed by atoms with Gasteiger partial charge in [-0.3, -0.25) is 4.40 Å². The Kier molecular flexibility index (Phi) is 4.14. The largest absolute Gasteiger partial charge is 0.339 e. The molecule has 0 radical (unpaired) electrons. The second kappa shape index (κ2) is 6.30. The van der Waals surface area contributed by atoms with Crippen molar-refractivity contribution < 1.29 is 0 Å². The molecule has 3 aromatic heterocycles. The van der Waals surface area contributed by atoms with Gasteiger partial charge >= 0.3 is 0 Å². The lowest BCUT2D eigenvalue weighted by atomic mass is 10.3. The van der Waals surface area contributed by atoms with E-state index in [9.17, 15) is 0 Å². The number of anilines is 2. The monoisotopic (exact) mass is 393 g/mol. The third kappa shape index (κ3) is 2.98. The van der Waals surface area contributed by atoms with Gasteiger partial charge in [-0.25, -0.2) is 4.98 Å². The molecule has 4 aromatic rings. The van der Waals surface area contributed by atoms with Gasteiger partial charge in [0.25, 0.3) is 0 Å². The van der Waals surface area contributed by atoms with Gasteiger partial charge in [-0.2, -0.15) is 0 Å². The number of fused-ring (bicyclic) bond motifs is 1. The van der Waals surface area contributed by atoms with Crippen LogP contribution in [0.5, 0.6) is 0 Å². The molecule has 0 amide bonds. The summed E-state index contributed by atoms with van der Waals surface area (Å²) in [7, 11) is 0. The summed E-state index contributed by atoms with van der Waals surface area (Å²) in [6, 6.07) is 15.0. The quantitative estimate of drug-likeness (QED) is 0.415. The van der Waals surface area contributed by atoms with Gasteiger partial charge in [-0.15, -0.1) is 11.3 Å². The average molecular weight is 395 g/mol. The van der Waals surface area contributed by atoms with Crippen molar-refractivity contribution in [2.45, 2.75) is 0 Å². The molecule has 120 valence electrons. The maximum Gasteiger partial charge on any atom is 0.144 e. The smallest absolute Gasteiger partial charge is 0.144 e. The van der Waals surface area contributed by atoms with Crippen LogP contribution in [0.25, 0.3) is 16.2 Å². The van der Waals surface area contributed by atoms with Crippen LogP contribution in [-0.2, 0) is 0 Å². The molecule has 7 heteroatoms. The van der Waals surface area contributed by atoms with Crippen LogP contribution in [0.3, 0.4) is 0 Å². The second-order valence-corrected chi connectivity index (χ2v) is 7.71. The fraction of sp³-hybridized carbons (Fsp3) is 0. The molecule has 0 bridgehead atoms. The fourth-order valence-electron chi connectivity index (χ4n) is 2.42. The zero-order valence-corrected chi connectivity index (χ0v) is 15.2. The summed E-state index contributed by atoms with van der Waals surface area (Å²) in [4.78, 5) is 5.70. The van der Waals surface area contributed by atoms with Gasteiger partial charge in [0.2, 0.25) is 0 Å². The van der Waals surface area contributed by atoms with Crippen LogP contribution >= 0.6 is 46.1 Å². The van der Waals surface area contributed by atoms with Gasteiger partial charge in [0.1, 0.15) is 17.2 Å². The Morgan fingerprint density at radius 2 is 1.62 bits per heavy atom. The number of nitrogens with zero attached hydrogens (tertiary/aromatic N) is 2. The highest BCUT2D eigenvalue weighted by Crippen LogP contribution is 2.37. The number of halogens is 3. The van der Waals surface area contributed by atoms with Gasteiger partial charge in [0.15, 0.2) is 0 Å². The van der Waals surface area contributed by atoms with E-state index in [0.29, 0.717) is 10.0 Å². The Balaban J connectivity index is 1.89. The van der Waals surface area contributed by atoms with Crippen molar-refractivity contribution in [2.75, 3.05) is 5.32 Å². The molecule has 1 aromatic carbocycles. The van der Waals surface area contributed by atoms with Crippen molar-refractivity contribution in [1.82, 2.24) is 9.38 Å².